The van der Waals surface area contributed by atoms with E-state index in [1.807, 2.05) is 12.1 Å². The van der Waals surface area contributed by atoms with Crippen LogP contribution in [0.15, 0.2) is 28.5 Å². The fourth-order valence-electron chi connectivity index (χ4n) is 3.20. The Morgan fingerprint density at radius 3 is 2.83 bits per heavy atom. The van der Waals surface area contributed by atoms with Gasteiger partial charge in [-0.1, -0.05) is 25.6 Å². The standard InChI is InChI=1S/C20H25IN6O2S/c1-12(2)9-23-5-3-4-6-27-19-17(18(22)24-10-25-19)26-20(27)30-16-8-15-14(7-13(16)21)28-11-29-15/h7-8,10,12,23H,3-6,9,11H2,1-2H3,(H2,22,24,25). The number of hydrogen-bond acceptors (Lipinski definition) is 8. The fraction of sp³-hybridized carbons (Fsp3) is 0.450. The highest BCUT2D eigenvalue weighted by Gasteiger charge is 2.20. The predicted octanol–water partition coefficient (Wildman–Crippen LogP) is 3.92. The highest BCUT2D eigenvalue weighted by atomic mass is 127. The third-order valence-corrected chi connectivity index (χ3v) is 7.00. The van der Waals surface area contributed by atoms with Gasteiger partial charge in [0.1, 0.15) is 6.33 Å². The molecule has 8 nitrogen and oxygen atoms in total. The summed E-state index contributed by atoms with van der Waals surface area (Å²) in [5.74, 6) is 2.60. The number of fused-ring (bicyclic) bond motifs is 2. The average Bonchev–Trinajstić information content (AvgIpc) is 3.30. The third kappa shape index (κ3) is 4.75. The monoisotopic (exact) mass is 540 g/mol. The van der Waals surface area contributed by atoms with Crippen LogP contribution in [0.5, 0.6) is 11.5 Å². The molecule has 10 heteroatoms. The molecule has 3 heterocycles. The number of aromatic nitrogens is 4. The molecule has 2 aromatic heterocycles. The zero-order valence-corrected chi connectivity index (χ0v) is 20.0. The molecule has 160 valence electrons. The molecule has 0 spiro atoms. The first-order valence-electron chi connectivity index (χ1n) is 9.97. The van der Waals surface area contributed by atoms with E-state index in [1.165, 1.54) is 6.33 Å². The van der Waals surface area contributed by atoms with Crippen molar-refractivity contribution in [2.45, 2.75) is 43.3 Å². The number of nitrogen functional groups attached to an aromatic ring is 1. The van der Waals surface area contributed by atoms with Crippen LogP contribution in [-0.4, -0.2) is 39.4 Å². The second-order valence-electron chi connectivity index (χ2n) is 7.52. The average molecular weight is 540 g/mol. The van der Waals surface area contributed by atoms with Crippen LogP contribution in [0, 0.1) is 9.49 Å². The van der Waals surface area contributed by atoms with E-state index in [-0.39, 0.29) is 6.79 Å². The van der Waals surface area contributed by atoms with E-state index in [9.17, 15) is 0 Å². The molecule has 1 aliphatic rings. The zero-order valence-electron chi connectivity index (χ0n) is 17.0. The summed E-state index contributed by atoms with van der Waals surface area (Å²) in [6, 6.07) is 4.00. The van der Waals surface area contributed by atoms with Gasteiger partial charge in [-0.3, -0.25) is 0 Å². The molecule has 3 N–H and O–H groups in total. The van der Waals surface area contributed by atoms with E-state index >= 15 is 0 Å². The molecule has 0 fully saturated rings. The maximum absolute atomic E-state index is 6.07. The number of aryl methyl sites for hydroxylation is 1. The van der Waals surface area contributed by atoms with Crippen molar-refractivity contribution in [3.63, 3.8) is 0 Å². The largest absolute Gasteiger partial charge is 0.454 e. The number of benzene rings is 1. The van der Waals surface area contributed by atoms with Gasteiger partial charge in [0.25, 0.3) is 0 Å². The van der Waals surface area contributed by atoms with E-state index in [4.69, 9.17) is 20.2 Å². The maximum atomic E-state index is 6.07. The Kier molecular flexibility index (Phi) is 6.84. The van der Waals surface area contributed by atoms with Gasteiger partial charge in [0.05, 0.1) is 0 Å². The minimum absolute atomic E-state index is 0.259. The van der Waals surface area contributed by atoms with Gasteiger partial charge < -0.3 is 25.1 Å². The number of ether oxygens (including phenoxy) is 2. The summed E-state index contributed by atoms with van der Waals surface area (Å²) in [5.41, 5.74) is 7.49. The van der Waals surface area contributed by atoms with Crippen LogP contribution in [0.25, 0.3) is 11.2 Å². The van der Waals surface area contributed by atoms with Gasteiger partial charge >= 0.3 is 0 Å². The number of nitrogens with one attached hydrogen (secondary N) is 1. The lowest BCUT2D eigenvalue weighted by atomic mass is 10.2. The SMILES string of the molecule is CC(C)CNCCCCn1c(Sc2cc3c(cc2I)OCO3)nc2c(N)ncnc21. The number of imidazole rings is 1. The van der Waals surface area contributed by atoms with Crippen molar-refractivity contribution in [2.24, 2.45) is 5.92 Å². The molecule has 0 aliphatic carbocycles. The van der Waals surface area contributed by atoms with E-state index in [0.717, 1.165) is 63.2 Å². The van der Waals surface area contributed by atoms with Crippen LogP contribution in [0.2, 0.25) is 0 Å². The number of anilines is 1. The van der Waals surface area contributed by atoms with Crippen molar-refractivity contribution in [1.29, 1.82) is 0 Å². The molecule has 1 aromatic carbocycles. The van der Waals surface area contributed by atoms with Crippen molar-refractivity contribution < 1.29 is 9.47 Å². The molecule has 0 atom stereocenters. The third-order valence-electron chi connectivity index (χ3n) is 4.69. The quantitative estimate of drug-likeness (QED) is 0.311. The smallest absolute Gasteiger partial charge is 0.231 e. The lowest BCUT2D eigenvalue weighted by Gasteiger charge is -2.11. The molecule has 0 unspecified atom stereocenters. The molecular formula is C20H25IN6O2S. The molecule has 0 radical (unpaired) electrons. The number of unbranched alkanes of at least 4 members (excludes halogenated alkanes) is 1. The predicted molar refractivity (Wildman–Crippen MR) is 126 cm³/mol. The summed E-state index contributed by atoms with van der Waals surface area (Å²) >= 11 is 3.90. The molecule has 3 aromatic rings. The van der Waals surface area contributed by atoms with E-state index in [1.54, 1.807) is 11.8 Å². The second kappa shape index (κ2) is 9.56. The summed E-state index contributed by atoms with van der Waals surface area (Å²) in [6.45, 7) is 7.56. The fourth-order valence-corrected chi connectivity index (χ4v) is 4.91. The number of halogens is 1. The topological polar surface area (TPSA) is 100 Å². The molecule has 0 saturated heterocycles. The van der Waals surface area contributed by atoms with Crippen LogP contribution < -0.4 is 20.5 Å². The van der Waals surface area contributed by atoms with Gasteiger partial charge in [0.2, 0.25) is 6.79 Å². The minimum atomic E-state index is 0.259. The molecule has 0 bridgehead atoms. The van der Waals surface area contributed by atoms with Crippen molar-refractivity contribution in [1.82, 2.24) is 24.8 Å². The van der Waals surface area contributed by atoms with Crippen molar-refractivity contribution in [3.8, 4) is 11.5 Å². The van der Waals surface area contributed by atoms with Gasteiger partial charge in [-0.25, -0.2) is 15.0 Å². The maximum Gasteiger partial charge on any atom is 0.231 e. The van der Waals surface area contributed by atoms with Crippen molar-refractivity contribution >= 4 is 51.3 Å². The molecule has 0 amide bonds. The van der Waals surface area contributed by atoms with Crippen molar-refractivity contribution in [2.75, 3.05) is 25.6 Å². The van der Waals surface area contributed by atoms with Crippen LogP contribution in [-0.2, 0) is 6.54 Å². The summed E-state index contributed by atoms with van der Waals surface area (Å²) in [6.07, 6.45) is 3.60. The molecule has 30 heavy (non-hydrogen) atoms. The Morgan fingerprint density at radius 2 is 2.03 bits per heavy atom. The Morgan fingerprint density at radius 1 is 1.23 bits per heavy atom. The van der Waals surface area contributed by atoms with E-state index < -0.39 is 0 Å². The van der Waals surface area contributed by atoms with Crippen molar-refractivity contribution in [3.05, 3.63) is 22.0 Å². The first kappa shape index (κ1) is 21.4. The van der Waals surface area contributed by atoms with Crippen LogP contribution in [0.4, 0.5) is 5.82 Å². The second-order valence-corrected chi connectivity index (χ2v) is 9.69. The minimum Gasteiger partial charge on any atom is -0.454 e. The number of rotatable bonds is 9. The summed E-state index contributed by atoms with van der Waals surface area (Å²) in [5, 5.41) is 4.35. The first-order chi connectivity index (χ1) is 14.5. The van der Waals surface area contributed by atoms with Gasteiger partial charge in [-0.05, 0) is 66.6 Å². The van der Waals surface area contributed by atoms with Crippen LogP contribution in [0.1, 0.15) is 26.7 Å². The van der Waals surface area contributed by atoms with Crippen LogP contribution in [0.3, 0.4) is 0 Å². The summed E-state index contributed by atoms with van der Waals surface area (Å²) in [7, 11) is 0. The molecule has 0 saturated carbocycles. The summed E-state index contributed by atoms with van der Waals surface area (Å²) in [4.78, 5) is 14.4. The molecule has 4 rings (SSSR count). The molecule has 1 aliphatic heterocycles. The van der Waals surface area contributed by atoms with Gasteiger partial charge in [-0.15, -0.1) is 0 Å². The Bertz CT molecular complexity index is 1040. The normalized spacial score (nSPS) is 12.9. The highest BCUT2D eigenvalue weighted by molar-refractivity contribution is 14.1. The lowest BCUT2D eigenvalue weighted by molar-refractivity contribution is 0.174. The first-order valence-corrected chi connectivity index (χ1v) is 11.9. The van der Waals surface area contributed by atoms with Gasteiger partial charge in [-0.2, -0.15) is 0 Å². The summed E-state index contributed by atoms with van der Waals surface area (Å²) < 4.78 is 14.2. The number of nitrogens with zero attached hydrogens (tertiary/aromatic N) is 4. The zero-order chi connectivity index (χ0) is 21.1. The molecular weight excluding hydrogens is 515 g/mol. The number of hydrogen-bond donors (Lipinski definition) is 2. The lowest BCUT2D eigenvalue weighted by Crippen LogP contribution is -2.21. The van der Waals surface area contributed by atoms with E-state index in [0.29, 0.717) is 17.3 Å². The van der Waals surface area contributed by atoms with E-state index in [2.05, 4.69) is 56.3 Å². The Balaban J connectivity index is 1.55. The van der Waals surface area contributed by atoms with Gasteiger partial charge in [0, 0.05) is 15.0 Å². The Labute approximate surface area is 193 Å². The van der Waals surface area contributed by atoms with Gasteiger partial charge in [0.15, 0.2) is 33.6 Å². The van der Waals surface area contributed by atoms with Crippen LogP contribution >= 0.6 is 34.4 Å². The Hall–Kier alpha value is -1.79. The highest BCUT2D eigenvalue weighted by Crippen LogP contribution is 2.41. The number of nitrogens with two attached hydrogens (primary N) is 1.